The zero-order valence-corrected chi connectivity index (χ0v) is 74.1. The molecule has 0 saturated carbocycles. The number of rotatable bonds is 44. The Morgan fingerprint density at radius 3 is 0.634 bits per heavy atom. The lowest BCUT2D eigenvalue weighted by atomic mass is 9.89. The molecule has 0 aliphatic carbocycles. The Hall–Kier alpha value is -8.08. The Balaban J connectivity index is 1.65. The van der Waals surface area contributed by atoms with Crippen LogP contribution in [-0.4, -0.2) is 39.6 Å². The molecular formula is C106H146O6. The van der Waals surface area contributed by atoms with Gasteiger partial charge in [-0.2, -0.15) is 0 Å². The second-order valence-corrected chi connectivity index (χ2v) is 35.5. The van der Waals surface area contributed by atoms with Gasteiger partial charge in [0, 0.05) is 27.8 Å². The van der Waals surface area contributed by atoms with Crippen molar-refractivity contribution in [1.29, 1.82) is 0 Å². The molecule has 6 atom stereocenters. The van der Waals surface area contributed by atoms with E-state index in [0.717, 1.165) is 135 Å². The van der Waals surface area contributed by atoms with Gasteiger partial charge in [-0.3, -0.25) is 0 Å². The molecule has 6 heteroatoms. The van der Waals surface area contributed by atoms with E-state index in [0.29, 0.717) is 121 Å². The minimum atomic E-state index is 0.184. The molecule has 606 valence electrons. The Morgan fingerprint density at radius 2 is 0.438 bits per heavy atom. The van der Waals surface area contributed by atoms with Gasteiger partial charge in [-0.1, -0.05) is 280 Å². The zero-order chi connectivity index (χ0) is 81.5. The van der Waals surface area contributed by atoms with Crippen LogP contribution in [0.15, 0.2) is 91.0 Å². The Kier molecular flexibility index (Phi) is 41.6. The summed E-state index contributed by atoms with van der Waals surface area (Å²) in [6.45, 7) is 53.5. The van der Waals surface area contributed by atoms with Crippen molar-refractivity contribution in [2.75, 3.05) is 39.6 Å². The fraction of sp³-hybridized carbons (Fsp3) is 0.566. The zero-order valence-electron chi connectivity index (χ0n) is 74.1. The molecule has 0 N–H and O–H groups in total. The van der Waals surface area contributed by atoms with E-state index in [1.807, 2.05) is 0 Å². The van der Waals surface area contributed by atoms with Crippen LogP contribution in [0.2, 0.25) is 0 Å². The van der Waals surface area contributed by atoms with Crippen molar-refractivity contribution in [3.63, 3.8) is 0 Å². The van der Waals surface area contributed by atoms with Gasteiger partial charge in [0.05, 0.1) is 67.5 Å². The van der Waals surface area contributed by atoms with Crippen LogP contribution < -0.4 is 28.4 Å². The summed E-state index contributed by atoms with van der Waals surface area (Å²) in [6.07, 6.45) is 24.4. The number of hydrogen-bond acceptors (Lipinski definition) is 6. The Labute approximate surface area is 684 Å². The lowest BCUT2D eigenvalue weighted by Gasteiger charge is -2.18. The molecule has 0 amide bonds. The number of ether oxygens (including phenoxy) is 6. The third kappa shape index (κ3) is 34.7. The molecule has 0 unspecified atom stereocenters. The van der Waals surface area contributed by atoms with Gasteiger partial charge in [-0.05, 0) is 251 Å². The molecule has 0 aromatic heterocycles. The van der Waals surface area contributed by atoms with E-state index in [-0.39, 0.29) is 5.92 Å². The fourth-order valence-electron chi connectivity index (χ4n) is 13.9. The van der Waals surface area contributed by atoms with Crippen LogP contribution in [0.4, 0.5) is 0 Å². The van der Waals surface area contributed by atoms with Crippen molar-refractivity contribution in [2.24, 2.45) is 65.1 Å². The maximum absolute atomic E-state index is 7.36. The molecule has 6 aromatic rings. The average Bonchev–Trinajstić information content (AvgIpc) is 0.760. The highest BCUT2D eigenvalue weighted by atomic mass is 16.5. The highest BCUT2D eigenvalue weighted by Gasteiger charge is 2.24. The first kappa shape index (κ1) is 92.8. The summed E-state index contributed by atoms with van der Waals surface area (Å²) in [5.74, 6) is 48.7. The number of hydrogen-bond donors (Lipinski definition) is 0. The van der Waals surface area contributed by atoms with E-state index in [1.165, 1.54) is 96.3 Å². The van der Waals surface area contributed by atoms with Gasteiger partial charge in [0.25, 0.3) is 0 Å². The van der Waals surface area contributed by atoms with Crippen molar-refractivity contribution in [1.82, 2.24) is 0 Å². The molecule has 6 aromatic carbocycles. The second kappa shape index (κ2) is 50.2. The van der Waals surface area contributed by atoms with Gasteiger partial charge < -0.3 is 28.4 Å². The average molecular weight is 1520 g/mol. The summed E-state index contributed by atoms with van der Waals surface area (Å²) >= 11 is 0. The molecule has 0 fully saturated rings. The first-order chi connectivity index (χ1) is 53.6. The van der Waals surface area contributed by atoms with Crippen LogP contribution in [0.25, 0.3) is 0 Å². The molecule has 0 spiro atoms. The van der Waals surface area contributed by atoms with E-state index in [1.54, 1.807) is 0 Å². The van der Waals surface area contributed by atoms with E-state index in [2.05, 4.69) is 303 Å². The molecule has 6 nitrogen and oxygen atoms in total. The summed E-state index contributed by atoms with van der Waals surface area (Å²) in [7, 11) is 0. The van der Waals surface area contributed by atoms with E-state index in [9.17, 15) is 0 Å². The van der Waals surface area contributed by atoms with Crippen LogP contribution in [0.3, 0.4) is 0 Å². The van der Waals surface area contributed by atoms with Gasteiger partial charge in [0.2, 0.25) is 0 Å². The van der Waals surface area contributed by atoms with Gasteiger partial charge >= 0.3 is 0 Å². The summed E-state index contributed by atoms with van der Waals surface area (Å²) in [4.78, 5) is 0. The molecule has 0 bridgehead atoms. The topological polar surface area (TPSA) is 55.4 Å². The Morgan fingerprint density at radius 1 is 0.232 bits per heavy atom. The highest BCUT2D eigenvalue weighted by molar-refractivity contribution is 5.78. The first-order valence-corrected chi connectivity index (χ1v) is 43.8. The smallest absolute Gasteiger partial charge is 0.153 e. The monoisotopic (exact) mass is 1520 g/mol. The maximum Gasteiger partial charge on any atom is 0.153 e. The lowest BCUT2D eigenvalue weighted by molar-refractivity contribution is 0.255. The summed E-state index contributed by atoms with van der Waals surface area (Å²) < 4.78 is 40.0. The molecule has 0 heterocycles. The third-order valence-corrected chi connectivity index (χ3v) is 21.9. The molecule has 0 aliphatic rings. The van der Waals surface area contributed by atoms with Crippen LogP contribution in [-0.2, 0) is 0 Å². The minimum Gasteiger partial charge on any atom is -0.493 e. The lowest BCUT2D eigenvalue weighted by Crippen LogP contribution is -2.12. The first-order valence-electron chi connectivity index (χ1n) is 43.8. The van der Waals surface area contributed by atoms with Crippen molar-refractivity contribution in [3.05, 3.63) is 174 Å². The molecule has 0 saturated heterocycles. The van der Waals surface area contributed by atoms with E-state index < -0.39 is 0 Å². The molecule has 0 aliphatic heterocycles. The second-order valence-electron chi connectivity index (χ2n) is 35.5. The number of aryl methyl sites for hydroxylation is 5. The number of benzene rings is 6. The normalized spacial score (nSPS) is 12.8. The quantitative estimate of drug-likeness (QED) is 0.0355. The largest absolute Gasteiger partial charge is 0.493 e. The van der Waals surface area contributed by atoms with Crippen LogP contribution >= 0.6 is 0 Å². The molecule has 112 heavy (non-hydrogen) atoms. The SMILES string of the molecule is CC[C@H](C)COc1c(C#Cc2ccc(OCC[C@@H](C)CCCC(C)C)c(C)c2)c(C#Cc2ccc(OCC[C@@H](C)CCCC(C)C)c(C)c2)c(C#Cc2ccc(OCC[C@@H](C)CCCC(C)C)c(C)c2)c(C#Cc2ccc(OCC[C@@H](C)CCCC(C)C)c(C)c2)c1C#Cc1ccc(OCC[C@@H](C)CCCC(C)C)c(C)c1. The van der Waals surface area contributed by atoms with Crippen molar-refractivity contribution < 1.29 is 28.4 Å². The van der Waals surface area contributed by atoms with Crippen molar-refractivity contribution >= 4 is 0 Å². The third-order valence-electron chi connectivity index (χ3n) is 21.9. The van der Waals surface area contributed by atoms with Crippen molar-refractivity contribution in [3.8, 4) is 93.7 Å². The minimum absolute atomic E-state index is 0.184. The van der Waals surface area contributed by atoms with E-state index >= 15 is 0 Å². The van der Waals surface area contributed by atoms with Gasteiger partial charge in [-0.15, -0.1) is 0 Å². The highest BCUT2D eigenvalue weighted by Crippen LogP contribution is 2.36. The van der Waals surface area contributed by atoms with E-state index in [4.69, 9.17) is 28.4 Å². The maximum atomic E-state index is 7.36. The Bertz CT molecular complexity index is 3960. The van der Waals surface area contributed by atoms with Gasteiger partial charge in [-0.25, -0.2) is 0 Å². The van der Waals surface area contributed by atoms with Gasteiger partial charge in [0.15, 0.2) is 5.75 Å². The van der Waals surface area contributed by atoms with Gasteiger partial charge in [0.1, 0.15) is 28.7 Å². The summed E-state index contributed by atoms with van der Waals surface area (Å²) in [5, 5.41) is 0. The molecular weight excluding hydrogens is 1370 g/mol. The predicted octanol–water partition coefficient (Wildman–Crippen LogP) is 27.8. The van der Waals surface area contributed by atoms with Crippen LogP contribution in [0.1, 0.15) is 336 Å². The molecule has 0 radical (unpaired) electrons. The predicted molar refractivity (Wildman–Crippen MR) is 477 cm³/mol. The fourth-order valence-corrected chi connectivity index (χ4v) is 13.9. The standard InChI is InChI=1S/C106H146O6/c1-23-80(12)74-112-106-99(52-42-94-47-57-104(89(21)72-94)110-67-62-84(16)37-27-32-78(8)9)97(50-40-92-45-55-102(87(19)70-92)108-65-60-82(14)35-25-30-76(4)5)96(49-39-91-44-54-101(86(18)69-91)107-64-59-81(13)34-24-29-75(2)3)98(51-41-93-46-56-103(88(20)71-93)109-66-61-83(15)36-26-31-77(6)7)100(106)53-43-95-48-58-105(90(22)73-95)111-68-63-85(17)38-28-33-79(10)11/h44-48,54-58,69-73,75-85H,23-38,59-68,74H2,1-22H3/t80-,81-,82-,83-,84-,85-/m0/s1. The van der Waals surface area contributed by atoms with Crippen LogP contribution in [0.5, 0.6) is 34.5 Å². The summed E-state index contributed by atoms with van der Waals surface area (Å²) in [5.41, 5.74) is 12.2. The molecule has 6 rings (SSSR count). The van der Waals surface area contributed by atoms with Crippen LogP contribution in [0, 0.1) is 159 Å². The summed E-state index contributed by atoms with van der Waals surface area (Å²) in [6, 6.07) is 31.3. The van der Waals surface area contributed by atoms with Crippen molar-refractivity contribution in [2.45, 2.75) is 287 Å².